The summed E-state index contributed by atoms with van der Waals surface area (Å²) in [6, 6.07) is 5.78. The number of benzene rings is 1. The van der Waals surface area contributed by atoms with Crippen LogP contribution in [0.3, 0.4) is 0 Å². The van der Waals surface area contributed by atoms with Gasteiger partial charge in [-0.1, -0.05) is 59.7 Å². The largest absolute Gasteiger partial charge is 0.324 e. The summed E-state index contributed by atoms with van der Waals surface area (Å²) in [6.45, 7) is 12.7. The van der Waals surface area contributed by atoms with E-state index in [1.165, 1.54) is 11.1 Å². The molecule has 3 heteroatoms. The Morgan fingerprint density at radius 1 is 1.05 bits per heavy atom. The number of rotatable bonds is 6. The van der Waals surface area contributed by atoms with Crippen molar-refractivity contribution >= 4 is 11.6 Å². The first-order chi connectivity index (χ1) is 9.73. The second-order valence-corrected chi connectivity index (χ2v) is 6.85. The number of nitrogens with one attached hydrogen (secondary N) is 1. The third-order valence-electron chi connectivity index (χ3n) is 3.68. The molecule has 0 saturated carbocycles. The van der Waals surface area contributed by atoms with Crippen LogP contribution in [0.5, 0.6) is 0 Å². The molecule has 1 aromatic rings. The average Bonchev–Trinajstić information content (AvgIpc) is 2.37. The molecule has 21 heavy (non-hydrogen) atoms. The number of anilines is 1. The van der Waals surface area contributed by atoms with E-state index in [-0.39, 0.29) is 5.91 Å². The van der Waals surface area contributed by atoms with Crippen molar-refractivity contribution in [3.05, 3.63) is 29.3 Å². The minimum Gasteiger partial charge on any atom is -0.324 e. The van der Waals surface area contributed by atoms with Crippen LogP contribution in [0.25, 0.3) is 0 Å². The van der Waals surface area contributed by atoms with E-state index in [1.807, 2.05) is 0 Å². The molecule has 1 rings (SSSR count). The Bertz CT molecular complexity index is 452. The molecule has 0 bridgehead atoms. The van der Waals surface area contributed by atoms with Crippen LogP contribution in [0.4, 0.5) is 5.69 Å². The summed E-state index contributed by atoms with van der Waals surface area (Å²) >= 11 is 0. The van der Waals surface area contributed by atoms with Gasteiger partial charge in [0.15, 0.2) is 0 Å². The normalized spacial score (nSPS) is 13.0. The number of nitrogens with two attached hydrogens (primary N) is 1. The van der Waals surface area contributed by atoms with Crippen LogP contribution >= 0.6 is 0 Å². The minimum absolute atomic E-state index is 0.0845. The fraction of sp³-hybridized carbons (Fsp3) is 0.611. The van der Waals surface area contributed by atoms with Crippen LogP contribution in [-0.2, 0) is 4.79 Å². The second kappa shape index (κ2) is 7.60. The van der Waals surface area contributed by atoms with Gasteiger partial charge in [-0.25, -0.2) is 0 Å². The maximum Gasteiger partial charge on any atom is 0.241 e. The molecule has 3 nitrogen and oxygen atoms in total. The summed E-state index contributed by atoms with van der Waals surface area (Å²) in [7, 11) is 0. The van der Waals surface area contributed by atoms with E-state index in [0.29, 0.717) is 24.2 Å². The molecule has 0 aliphatic rings. The average molecular weight is 290 g/mol. The van der Waals surface area contributed by atoms with Crippen molar-refractivity contribution in [2.24, 2.45) is 11.7 Å². The Morgan fingerprint density at radius 2 is 1.52 bits per heavy atom. The lowest BCUT2D eigenvalue weighted by atomic mass is 9.92. The van der Waals surface area contributed by atoms with Crippen molar-refractivity contribution < 1.29 is 4.79 Å². The van der Waals surface area contributed by atoms with Gasteiger partial charge in [0.05, 0.1) is 6.04 Å². The van der Waals surface area contributed by atoms with Gasteiger partial charge in [0.2, 0.25) is 5.91 Å². The van der Waals surface area contributed by atoms with Gasteiger partial charge in [0.25, 0.3) is 0 Å². The first kappa shape index (κ1) is 17.7. The van der Waals surface area contributed by atoms with Gasteiger partial charge in [-0.05, 0) is 35.3 Å². The maximum atomic E-state index is 12.4. The molecular formula is C18H30N2O. The van der Waals surface area contributed by atoms with Crippen LogP contribution in [0.1, 0.15) is 70.9 Å². The van der Waals surface area contributed by atoms with E-state index in [1.54, 1.807) is 0 Å². The van der Waals surface area contributed by atoms with Crippen LogP contribution < -0.4 is 11.1 Å². The molecule has 3 N–H and O–H groups in total. The number of para-hydroxylation sites is 1. The summed E-state index contributed by atoms with van der Waals surface area (Å²) in [5.74, 6) is 1.05. The number of carbonyl (C=O) groups is 1. The van der Waals surface area contributed by atoms with Crippen molar-refractivity contribution in [3.8, 4) is 0 Å². The highest BCUT2D eigenvalue weighted by atomic mass is 16.2. The van der Waals surface area contributed by atoms with Crippen molar-refractivity contribution in [1.29, 1.82) is 0 Å². The highest BCUT2D eigenvalue weighted by molar-refractivity contribution is 5.96. The van der Waals surface area contributed by atoms with Gasteiger partial charge in [0, 0.05) is 5.69 Å². The molecule has 0 aliphatic heterocycles. The fourth-order valence-electron chi connectivity index (χ4n) is 2.53. The number of carbonyl (C=O) groups excluding carboxylic acids is 1. The van der Waals surface area contributed by atoms with Crippen LogP contribution in [0.2, 0.25) is 0 Å². The molecule has 0 radical (unpaired) electrons. The van der Waals surface area contributed by atoms with Gasteiger partial charge in [0.1, 0.15) is 0 Å². The first-order valence-electron chi connectivity index (χ1n) is 7.93. The molecule has 0 spiro atoms. The van der Waals surface area contributed by atoms with E-state index >= 15 is 0 Å². The monoisotopic (exact) mass is 290 g/mol. The quantitative estimate of drug-likeness (QED) is 0.823. The van der Waals surface area contributed by atoms with Crippen LogP contribution in [0.15, 0.2) is 18.2 Å². The van der Waals surface area contributed by atoms with Crippen LogP contribution in [0, 0.1) is 5.92 Å². The Morgan fingerprint density at radius 3 is 1.90 bits per heavy atom. The summed E-state index contributed by atoms with van der Waals surface area (Å²) in [6.07, 6.45) is 0.701. The summed E-state index contributed by atoms with van der Waals surface area (Å²) in [5.41, 5.74) is 9.30. The van der Waals surface area contributed by atoms with Crippen molar-refractivity contribution in [1.82, 2.24) is 0 Å². The zero-order valence-electron chi connectivity index (χ0n) is 14.2. The van der Waals surface area contributed by atoms with Crippen molar-refractivity contribution in [2.75, 3.05) is 5.32 Å². The SMILES string of the molecule is CC(C)C[C@H](N)C(=O)Nc1c(C(C)C)cccc1C(C)C. The highest BCUT2D eigenvalue weighted by Crippen LogP contribution is 2.32. The molecule has 0 heterocycles. The fourth-order valence-corrected chi connectivity index (χ4v) is 2.53. The predicted octanol–water partition coefficient (Wildman–Crippen LogP) is 4.25. The van der Waals surface area contributed by atoms with Crippen LogP contribution in [-0.4, -0.2) is 11.9 Å². The second-order valence-electron chi connectivity index (χ2n) is 6.85. The lowest BCUT2D eigenvalue weighted by Gasteiger charge is -2.22. The standard InChI is InChI=1S/C18H30N2O/c1-11(2)10-16(19)18(21)20-17-14(12(3)4)8-7-9-15(17)13(5)6/h7-9,11-13,16H,10,19H2,1-6H3,(H,20,21)/t16-/m0/s1. The third kappa shape index (κ3) is 4.85. The van der Waals surface area contributed by atoms with Crippen molar-refractivity contribution in [3.63, 3.8) is 0 Å². The Hall–Kier alpha value is -1.35. The van der Waals surface area contributed by atoms with Gasteiger partial charge in [-0.3, -0.25) is 4.79 Å². The molecule has 1 atom stereocenters. The molecule has 0 aromatic heterocycles. The van der Waals surface area contributed by atoms with E-state index in [2.05, 4.69) is 65.1 Å². The smallest absolute Gasteiger partial charge is 0.241 e. The maximum absolute atomic E-state index is 12.4. The van der Waals surface area contributed by atoms with E-state index in [9.17, 15) is 4.79 Å². The Labute approximate surface area is 129 Å². The number of amides is 1. The van der Waals surface area contributed by atoms with Crippen molar-refractivity contribution in [2.45, 2.75) is 65.8 Å². The lowest BCUT2D eigenvalue weighted by molar-refractivity contribution is -0.117. The lowest BCUT2D eigenvalue weighted by Crippen LogP contribution is -2.37. The van der Waals surface area contributed by atoms with E-state index < -0.39 is 6.04 Å². The van der Waals surface area contributed by atoms with E-state index in [4.69, 9.17) is 5.73 Å². The zero-order chi connectivity index (χ0) is 16.2. The summed E-state index contributed by atoms with van der Waals surface area (Å²) < 4.78 is 0. The number of hydrogen-bond acceptors (Lipinski definition) is 2. The molecule has 0 fully saturated rings. The zero-order valence-corrected chi connectivity index (χ0v) is 14.2. The molecule has 118 valence electrons. The van der Waals surface area contributed by atoms with E-state index in [0.717, 1.165) is 5.69 Å². The molecule has 0 aliphatic carbocycles. The number of hydrogen-bond donors (Lipinski definition) is 2. The van der Waals surface area contributed by atoms with Gasteiger partial charge >= 0.3 is 0 Å². The first-order valence-corrected chi connectivity index (χ1v) is 7.93. The summed E-state index contributed by atoms with van der Waals surface area (Å²) in [5, 5.41) is 3.08. The molecular weight excluding hydrogens is 260 g/mol. The van der Waals surface area contributed by atoms with Gasteiger partial charge in [-0.2, -0.15) is 0 Å². The van der Waals surface area contributed by atoms with Gasteiger partial charge in [-0.15, -0.1) is 0 Å². The molecule has 0 saturated heterocycles. The topological polar surface area (TPSA) is 55.1 Å². The third-order valence-corrected chi connectivity index (χ3v) is 3.68. The Balaban J connectivity index is 3.07. The highest BCUT2D eigenvalue weighted by Gasteiger charge is 2.20. The molecule has 1 amide bonds. The van der Waals surface area contributed by atoms with Gasteiger partial charge < -0.3 is 11.1 Å². The Kier molecular flexibility index (Phi) is 6.41. The summed E-state index contributed by atoms with van der Waals surface area (Å²) in [4.78, 5) is 12.4. The minimum atomic E-state index is -0.453. The predicted molar refractivity (Wildman–Crippen MR) is 90.7 cm³/mol. The molecule has 1 aromatic carbocycles. The molecule has 0 unspecified atom stereocenters.